The second-order valence-corrected chi connectivity index (χ2v) is 8.84. The van der Waals surface area contributed by atoms with Crippen LogP contribution in [0.2, 0.25) is 10.0 Å². The number of halogens is 5. The zero-order valence-electron chi connectivity index (χ0n) is 18.6. The minimum Gasteiger partial charge on any atom is -0.489 e. The zero-order valence-corrected chi connectivity index (χ0v) is 20.1. The number of hydrogen-bond acceptors (Lipinski definition) is 4. The number of benzene rings is 3. The van der Waals surface area contributed by atoms with Crippen LogP contribution < -0.4 is 14.9 Å². The van der Waals surface area contributed by atoms with Gasteiger partial charge in [0.1, 0.15) is 23.7 Å². The maximum Gasteiger partial charge on any atom is 0.453 e. The summed E-state index contributed by atoms with van der Waals surface area (Å²) in [5.74, 6) is -2.17. The number of alkyl halides is 3. The second-order valence-electron chi connectivity index (χ2n) is 8.03. The van der Waals surface area contributed by atoms with Crippen molar-refractivity contribution in [3.05, 3.63) is 97.8 Å². The minimum absolute atomic E-state index is 0.0342. The lowest BCUT2D eigenvalue weighted by atomic mass is 10.0. The number of hydrogen-bond donors (Lipinski definition) is 0. The third-order valence-electron chi connectivity index (χ3n) is 5.28. The Bertz CT molecular complexity index is 1420. The van der Waals surface area contributed by atoms with Gasteiger partial charge in [-0.2, -0.15) is 13.2 Å². The first-order valence-corrected chi connectivity index (χ1v) is 11.3. The smallest absolute Gasteiger partial charge is 0.453 e. The lowest BCUT2D eigenvalue weighted by Crippen LogP contribution is -2.16. The van der Waals surface area contributed by atoms with Gasteiger partial charge in [0.25, 0.3) is 5.76 Å². The summed E-state index contributed by atoms with van der Waals surface area (Å²) in [6.07, 6.45) is -4.97. The molecule has 3 aromatic carbocycles. The first kappa shape index (κ1) is 24.9. The van der Waals surface area contributed by atoms with E-state index in [0.717, 1.165) is 0 Å². The van der Waals surface area contributed by atoms with Gasteiger partial charge < -0.3 is 13.9 Å². The van der Waals surface area contributed by atoms with Crippen molar-refractivity contribution in [2.75, 3.05) is 0 Å². The van der Waals surface area contributed by atoms with E-state index in [1.54, 1.807) is 36.4 Å². The van der Waals surface area contributed by atoms with E-state index in [-0.39, 0.29) is 35.0 Å². The van der Waals surface area contributed by atoms with Gasteiger partial charge in [0.05, 0.1) is 5.39 Å². The topological polar surface area (TPSA) is 48.7 Å². The Kier molecular flexibility index (Phi) is 7.01. The summed E-state index contributed by atoms with van der Waals surface area (Å²) < 4.78 is 58.1. The Balaban J connectivity index is 1.76. The maximum absolute atomic E-state index is 13.9. The van der Waals surface area contributed by atoms with Crippen molar-refractivity contribution in [3.63, 3.8) is 0 Å². The fraction of sp³-hybridized carbons (Fsp3) is 0.192. The molecule has 0 aliphatic rings. The average Bonchev–Trinajstić information content (AvgIpc) is 2.80. The molecule has 35 heavy (non-hydrogen) atoms. The van der Waals surface area contributed by atoms with Gasteiger partial charge in [0, 0.05) is 21.7 Å². The molecule has 4 aromatic rings. The first-order chi connectivity index (χ1) is 16.6. The summed E-state index contributed by atoms with van der Waals surface area (Å²) >= 11 is 12.3. The molecule has 1 aromatic heterocycles. The molecule has 0 atom stereocenters. The van der Waals surface area contributed by atoms with Crippen molar-refractivity contribution >= 4 is 34.2 Å². The summed E-state index contributed by atoms with van der Waals surface area (Å²) in [5.41, 5.74) is -0.0737. The predicted octanol–water partition coefficient (Wildman–Crippen LogP) is 8.61. The normalized spacial score (nSPS) is 11.8. The molecule has 9 heteroatoms. The van der Waals surface area contributed by atoms with Gasteiger partial charge in [-0.15, -0.1) is 0 Å². The molecule has 182 valence electrons. The standard InChI is InChI=1S/C26H19Cl2F3O4/c1-14(2)16-6-3-4-9-21(16)34-24-23(32)17-11-10-15(12-22(17)35-25(24)26(29,30)31)33-13-18-19(27)7-5-8-20(18)28/h3-12,14H,13H2,1-2H3. The monoisotopic (exact) mass is 522 g/mol. The van der Waals surface area contributed by atoms with Crippen molar-refractivity contribution in [3.8, 4) is 17.2 Å². The molecule has 0 aliphatic carbocycles. The summed E-state index contributed by atoms with van der Waals surface area (Å²) in [7, 11) is 0. The van der Waals surface area contributed by atoms with Crippen molar-refractivity contribution in [1.82, 2.24) is 0 Å². The van der Waals surface area contributed by atoms with Gasteiger partial charge >= 0.3 is 6.18 Å². The molecule has 1 heterocycles. The van der Waals surface area contributed by atoms with Crippen LogP contribution in [-0.2, 0) is 12.8 Å². The van der Waals surface area contributed by atoms with E-state index in [0.29, 0.717) is 21.2 Å². The molecule has 4 rings (SSSR count). The van der Waals surface area contributed by atoms with Crippen LogP contribution in [0.3, 0.4) is 0 Å². The SMILES string of the molecule is CC(C)c1ccccc1Oc1c(C(F)(F)F)oc2cc(OCc3c(Cl)cccc3Cl)ccc2c1=O. The van der Waals surface area contributed by atoms with E-state index in [4.69, 9.17) is 37.1 Å². The van der Waals surface area contributed by atoms with Crippen LogP contribution in [0.5, 0.6) is 17.2 Å². The average molecular weight is 523 g/mol. The van der Waals surface area contributed by atoms with Crippen LogP contribution in [0.25, 0.3) is 11.0 Å². The van der Waals surface area contributed by atoms with Crippen LogP contribution in [-0.4, -0.2) is 0 Å². The van der Waals surface area contributed by atoms with Gasteiger partial charge in [-0.3, -0.25) is 4.79 Å². The van der Waals surface area contributed by atoms with Crippen LogP contribution in [0.1, 0.15) is 36.7 Å². The molecule has 0 spiro atoms. The number of rotatable bonds is 6. The highest BCUT2D eigenvalue weighted by Crippen LogP contribution is 2.40. The molecule has 0 saturated heterocycles. The third-order valence-corrected chi connectivity index (χ3v) is 5.99. The Hall–Kier alpha value is -3.16. The Morgan fingerprint density at radius 3 is 2.31 bits per heavy atom. The van der Waals surface area contributed by atoms with Crippen LogP contribution in [0.15, 0.2) is 69.9 Å². The largest absolute Gasteiger partial charge is 0.489 e. The predicted molar refractivity (Wildman–Crippen MR) is 129 cm³/mol. The minimum atomic E-state index is -4.97. The maximum atomic E-state index is 13.9. The van der Waals surface area contributed by atoms with Crippen molar-refractivity contribution in [1.29, 1.82) is 0 Å². The number of ether oxygens (including phenoxy) is 2. The zero-order chi connectivity index (χ0) is 25.3. The molecule has 0 bridgehead atoms. The molecule has 0 unspecified atom stereocenters. The molecule has 0 fully saturated rings. The summed E-state index contributed by atoms with van der Waals surface area (Å²) in [6, 6.07) is 15.5. The van der Waals surface area contributed by atoms with Crippen molar-refractivity contribution in [2.45, 2.75) is 32.5 Å². The van der Waals surface area contributed by atoms with E-state index < -0.39 is 23.1 Å². The van der Waals surface area contributed by atoms with E-state index in [2.05, 4.69) is 0 Å². The lowest BCUT2D eigenvalue weighted by molar-refractivity contribution is -0.154. The highest BCUT2D eigenvalue weighted by atomic mass is 35.5. The molecule has 0 aliphatic heterocycles. The van der Waals surface area contributed by atoms with Crippen molar-refractivity contribution < 1.29 is 27.1 Å². The molecular weight excluding hydrogens is 504 g/mol. The fourth-order valence-corrected chi connectivity index (χ4v) is 4.02. The van der Waals surface area contributed by atoms with Crippen LogP contribution >= 0.6 is 23.2 Å². The second kappa shape index (κ2) is 9.84. The Morgan fingerprint density at radius 1 is 0.971 bits per heavy atom. The fourth-order valence-electron chi connectivity index (χ4n) is 3.51. The van der Waals surface area contributed by atoms with Crippen LogP contribution in [0, 0.1) is 0 Å². The van der Waals surface area contributed by atoms with Gasteiger partial charge in [-0.1, -0.05) is 61.3 Å². The summed E-state index contributed by atoms with van der Waals surface area (Å²) in [4.78, 5) is 13.1. The van der Waals surface area contributed by atoms with E-state index >= 15 is 0 Å². The molecule has 4 nitrogen and oxygen atoms in total. The molecule has 0 saturated carbocycles. The van der Waals surface area contributed by atoms with E-state index in [9.17, 15) is 18.0 Å². The van der Waals surface area contributed by atoms with Gasteiger partial charge in [0.2, 0.25) is 11.2 Å². The quantitative estimate of drug-likeness (QED) is 0.254. The van der Waals surface area contributed by atoms with E-state index in [1.807, 2.05) is 13.8 Å². The number of para-hydroxylation sites is 1. The molecule has 0 radical (unpaired) electrons. The van der Waals surface area contributed by atoms with Gasteiger partial charge in [-0.25, -0.2) is 0 Å². The highest BCUT2D eigenvalue weighted by Gasteiger charge is 2.40. The Morgan fingerprint density at radius 2 is 1.66 bits per heavy atom. The lowest BCUT2D eigenvalue weighted by Gasteiger charge is -2.17. The van der Waals surface area contributed by atoms with Gasteiger partial charge in [-0.05, 0) is 41.8 Å². The highest BCUT2D eigenvalue weighted by molar-refractivity contribution is 6.35. The molecular formula is C26H19Cl2F3O4. The van der Waals surface area contributed by atoms with Crippen molar-refractivity contribution in [2.24, 2.45) is 0 Å². The first-order valence-electron chi connectivity index (χ1n) is 10.6. The number of fused-ring (bicyclic) bond motifs is 1. The molecule has 0 N–H and O–H groups in total. The third kappa shape index (κ3) is 5.26. The van der Waals surface area contributed by atoms with E-state index in [1.165, 1.54) is 24.3 Å². The summed E-state index contributed by atoms with van der Waals surface area (Å²) in [6.45, 7) is 3.70. The van der Waals surface area contributed by atoms with Gasteiger partial charge in [0.15, 0.2) is 0 Å². The molecule has 0 amide bonds. The van der Waals surface area contributed by atoms with Crippen LogP contribution in [0.4, 0.5) is 13.2 Å². The Labute approximate surface area is 208 Å². The summed E-state index contributed by atoms with van der Waals surface area (Å²) in [5, 5.41) is 0.679.